The lowest BCUT2D eigenvalue weighted by Gasteiger charge is -2.30. The van der Waals surface area contributed by atoms with E-state index >= 15 is 0 Å². The normalized spacial score (nSPS) is 17.6. The second-order valence-corrected chi connectivity index (χ2v) is 9.66. The highest BCUT2D eigenvalue weighted by atomic mass is 16.5. The highest BCUT2D eigenvalue weighted by Crippen LogP contribution is 2.29. The van der Waals surface area contributed by atoms with Crippen molar-refractivity contribution in [1.29, 1.82) is 0 Å². The zero-order chi connectivity index (χ0) is 24.5. The molecule has 1 aromatic heterocycles. The van der Waals surface area contributed by atoms with Crippen LogP contribution in [0.3, 0.4) is 0 Å². The van der Waals surface area contributed by atoms with Crippen LogP contribution in [-0.2, 0) is 29.0 Å². The number of anilines is 1. The molecule has 1 fully saturated rings. The van der Waals surface area contributed by atoms with Gasteiger partial charge in [0.15, 0.2) is 0 Å². The molecule has 1 N–H and O–H groups in total. The van der Waals surface area contributed by atoms with Gasteiger partial charge in [-0.25, -0.2) is 9.97 Å². The molecular formula is C28H29N5O3. The van der Waals surface area contributed by atoms with E-state index in [-0.39, 0.29) is 18.4 Å². The van der Waals surface area contributed by atoms with Gasteiger partial charge < -0.3 is 19.9 Å². The summed E-state index contributed by atoms with van der Waals surface area (Å²) in [5.74, 6) is 0.472. The Bertz CT molecular complexity index is 1300. The first-order valence-corrected chi connectivity index (χ1v) is 12.6. The Kier molecular flexibility index (Phi) is 6.11. The summed E-state index contributed by atoms with van der Waals surface area (Å²) < 4.78 is 5.42. The van der Waals surface area contributed by atoms with E-state index < -0.39 is 0 Å². The van der Waals surface area contributed by atoms with E-state index in [1.807, 2.05) is 41.3 Å². The predicted molar refractivity (Wildman–Crippen MR) is 135 cm³/mol. The molecule has 8 nitrogen and oxygen atoms in total. The second kappa shape index (κ2) is 9.70. The lowest BCUT2D eigenvalue weighted by Crippen LogP contribution is -2.42. The molecule has 0 bridgehead atoms. The summed E-state index contributed by atoms with van der Waals surface area (Å²) in [6, 6.07) is 16.2. The van der Waals surface area contributed by atoms with Gasteiger partial charge in [-0.3, -0.25) is 9.59 Å². The van der Waals surface area contributed by atoms with Gasteiger partial charge in [0.1, 0.15) is 6.54 Å². The van der Waals surface area contributed by atoms with Crippen molar-refractivity contribution in [3.63, 3.8) is 0 Å². The molecule has 0 radical (unpaired) electrons. The molecule has 3 aromatic rings. The van der Waals surface area contributed by atoms with Crippen molar-refractivity contribution in [3.05, 3.63) is 77.0 Å². The lowest BCUT2D eigenvalue weighted by atomic mass is 10.00. The van der Waals surface area contributed by atoms with E-state index in [2.05, 4.69) is 27.4 Å². The molecule has 2 amide bonds. The number of carbonyl (C=O) groups is 2. The van der Waals surface area contributed by atoms with Crippen LogP contribution in [0.25, 0.3) is 11.3 Å². The molecule has 0 atom stereocenters. The largest absolute Gasteiger partial charge is 0.381 e. The number of hydrogen-bond acceptors (Lipinski definition) is 6. The SMILES string of the molecule is O=C(CN1Cc2ccc(-c3ccnc(NC4CCOCC4)n3)cc2C1=O)N1CCc2ccccc2C1. The van der Waals surface area contributed by atoms with E-state index in [1.54, 1.807) is 11.1 Å². The molecule has 0 unspecified atom stereocenters. The fraction of sp³-hybridized carbons (Fsp3) is 0.357. The highest BCUT2D eigenvalue weighted by molar-refractivity contribution is 6.01. The van der Waals surface area contributed by atoms with Gasteiger partial charge in [-0.05, 0) is 48.1 Å². The van der Waals surface area contributed by atoms with Gasteiger partial charge in [-0.2, -0.15) is 0 Å². The second-order valence-electron chi connectivity index (χ2n) is 9.66. The third-order valence-electron chi connectivity index (χ3n) is 7.30. The summed E-state index contributed by atoms with van der Waals surface area (Å²) in [5.41, 5.74) is 5.69. The Morgan fingerprint density at radius 2 is 1.86 bits per heavy atom. The fourth-order valence-corrected chi connectivity index (χ4v) is 5.23. The lowest BCUT2D eigenvalue weighted by molar-refractivity contribution is -0.132. The van der Waals surface area contributed by atoms with E-state index in [0.29, 0.717) is 37.2 Å². The molecule has 36 heavy (non-hydrogen) atoms. The highest BCUT2D eigenvalue weighted by Gasteiger charge is 2.31. The molecular weight excluding hydrogens is 454 g/mol. The number of rotatable bonds is 5. The summed E-state index contributed by atoms with van der Waals surface area (Å²) in [5, 5.41) is 3.40. The van der Waals surface area contributed by atoms with Crippen molar-refractivity contribution < 1.29 is 14.3 Å². The summed E-state index contributed by atoms with van der Waals surface area (Å²) >= 11 is 0. The van der Waals surface area contributed by atoms with E-state index in [0.717, 1.165) is 49.3 Å². The molecule has 6 rings (SSSR count). The third kappa shape index (κ3) is 4.56. The number of aromatic nitrogens is 2. The van der Waals surface area contributed by atoms with Crippen LogP contribution in [0.5, 0.6) is 0 Å². The van der Waals surface area contributed by atoms with Crippen LogP contribution in [0.15, 0.2) is 54.7 Å². The van der Waals surface area contributed by atoms with E-state index in [4.69, 9.17) is 4.74 Å². The summed E-state index contributed by atoms with van der Waals surface area (Å²) in [6.45, 7) is 3.32. The smallest absolute Gasteiger partial charge is 0.254 e. The molecule has 1 saturated heterocycles. The minimum absolute atomic E-state index is 0.00879. The minimum atomic E-state index is -0.104. The molecule has 0 spiro atoms. The van der Waals surface area contributed by atoms with Gasteiger partial charge >= 0.3 is 0 Å². The number of amides is 2. The number of fused-ring (bicyclic) bond motifs is 2. The fourth-order valence-electron chi connectivity index (χ4n) is 5.23. The Morgan fingerprint density at radius 1 is 1.03 bits per heavy atom. The van der Waals surface area contributed by atoms with Crippen molar-refractivity contribution in [2.24, 2.45) is 0 Å². The van der Waals surface area contributed by atoms with Crippen molar-refractivity contribution in [1.82, 2.24) is 19.8 Å². The average Bonchev–Trinajstić information content (AvgIpc) is 3.23. The van der Waals surface area contributed by atoms with Crippen molar-refractivity contribution >= 4 is 17.8 Å². The first kappa shape index (κ1) is 22.7. The summed E-state index contributed by atoms with van der Waals surface area (Å²) in [7, 11) is 0. The third-order valence-corrected chi connectivity index (χ3v) is 7.30. The van der Waals surface area contributed by atoms with E-state index in [9.17, 15) is 9.59 Å². The van der Waals surface area contributed by atoms with Crippen molar-refractivity contribution in [2.75, 3.05) is 31.6 Å². The van der Waals surface area contributed by atoms with Crippen molar-refractivity contribution in [3.8, 4) is 11.3 Å². The van der Waals surface area contributed by atoms with Crippen LogP contribution in [0.2, 0.25) is 0 Å². The molecule has 2 aromatic carbocycles. The maximum atomic E-state index is 13.2. The van der Waals surface area contributed by atoms with Crippen LogP contribution in [0.1, 0.15) is 39.9 Å². The van der Waals surface area contributed by atoms with Gasteiger partial charge in [-0.15, -0.1) is 0 Å². The minimum Gasteiger partial charge on any atom is -0.381 e. The van der Waals surface area contributed by atoms with Gasteiger partial charge in [0.05, 0.1) is 5.69 Å². The Morgan fingerprint density at radius 3 is 2.72 bits per heavy atom. The van der Waals surface area contributed by atoms with Crippen LogP contribution in [-0.4, -0.2) is 63.9 Å². The van der Waals surface area contributed by atoms with Crippen LogP contribution >= 0.6 is 0 Å². The van der Waals surface area contributed by atoms with Gasteiger partial charge in [0.2, 0.25) is 11.9 Å². The number of ether oxygens (including phenoxy) is 1. The topological polar surface area (TPSA) is 87.7 Å². The Balaban J connectivity index is 1.13. The number of carbonyl (C=O) groups excluding carboxylic acids is 2. The Labute approximate surface area is 210 Å². The zero-order valence-corrected chi connectivity index (χ0v) is 20.2. The molecule has 184 valence electrons. The molecule has 3 aliphatic heterocycles. The maximum absolute atomic E-state index is 13.2. The summed E-state index contributed by atoms with van der Waals surface area (Å²) in [4.78, 5) is 38.8. The molecule has 0 aliphatic carbocycles. The molecule has 8 heteroatoms. The van der Waals surface area contributed by atoms with Crippen LogP contribution in [0.4, 0.5) is 5.95 Å². The molecule has 0 saturated carbocycles. The molecule has 4 heterocycles. The Hall–Kier alpha value is -3.78. The van der Waals surface area contributed by atoms with Gasteiger partial charge in [0.25, 0.3) is 5.91 Å². The van der Waals surface area contributed by atoms with Gasteiger partial charge in [0, 0.05) is 56.2 Å². The standard InChI is InChI=1S/C28H29N5O3/c34-26(32-12-8-19-3-1-2-4-21(19)16-32)18-33-17-22-6-5-20(15-24(22)27(33)35)25-7-11-29-28(31-25)30-23-9-13-36-14-10-23/h1-7,11,15,23H,8-10,12-14,16-18H2,(H,29,30,31). The van der Waals surface area contributed by atoms with Crippen LogP contribution < -0.4 is 5.32 Å². The summed E-state index contributed by atoms with van der Waals surface area (Å²) in [6.07, 6.45) is 4.45. The van der Waals surface area contributed by atoms with Gasteiger partial charge in [-0.1, -0.05) is 36.4 Å². The zero-order valence-electron chi connectivity index (χ0n) is 20.2. The number of hydrogen-bond donors (Lipinski definition) is 1. The predicted octanol–water partition coefficient (Wildman–Crippen LogP) is 3.28. The number of nitrogens with zero attached hydrogens (tertiary/aromatic N) is 4. The van der Waals surface area contributed by atoms with Crippen LogP contribution in [0, 0.1) is 0 Å². The number of benzene rings is 2. The monoisotopic (exact) mass is 483 g/mol. The maximum Gasteiger partial charge on any atom is 0.254 e. The average molecular weight is 484 g/mol. The first-order valence-electron chi connectivity index (χ1n) is 12.6. The van der Waals surface area contributed by atoms with Crippen molar-refractivity contribution in [2.45, 2.75) is 38.4 Å². The first-order chi connectivity index (χ1) is 17.6. The number of nitrogens with one attached hydrogen (secondary N) is 1. The van der Waals surface area contributed by atoms with E-state index in [1.165, 1.54) is 11.1 Å². The molecule has 3 aliphatic rings. The quantitative estimate of drug-likeness (QED) is 0.599.